The predicted molar refractivity (Wildman–Crippen MR) is 67.6 cm³/mol. The van der Waals surface area contributed by atoms with E-state index in [-0.39, 0.29) is 11.3 Å². The Labute approximate surface area is 104 Å². The Kier molecular flexibility index (Phi) is 2.81. The smallest absolute Gasteiger partial charge is 0.219 e. The third-order valence-electron chi connectivity index (χ3n) is 5.00. The average molecular weight is 239 g/mol. The van der Waals surface area contributed by atoms with Crippen molar-refractivity contribution in [3.8, 4) is 0 Å². The molecule has 3 nitrogen and oxygen atoms in total. The number of piperidine rings is 1. The van der Waals surface area contributed by atoms with Crippen LogP contribution in [0.1, 0.15) is 53.4 Å². The maximum absolute atomic E-state index is 11.3. The first-order chi connectivity index (χ1) is 7.68. The van der Waals surface area contributed by atoms with Crippen LogP contribution in [-0.2, 0) is 4.79 Å². The lowest BCUT2D eigenvalue weighted by atomic mass is 9.49. The summed E-state index contributed by atoms with van der Waals surface area (Å²) in [6, 6.07) is 0. The van der Waals surface area contributed by atoms with Gasteiger partial charge < -0.3 is 10.0 Å². The van der Waals surface area contributed by atoms with Gasteiger partial charge in [-0.3, -0.25) is 4.79 Å². The molecule has 0 aromatic carbocycles. The molecule has 3 heteroatoms. The Morgan fingerprint density at radius 1 is 1.18 bits per heavy atom. The molecule has 1 saturated heterocycles. The molecule has 1 saturated carbocycles. The summed E-state index contributed by atoms with van der Waals surface area (Å²) in [4.78, 5) is 13.2. The van der Waals surface area contributed by atoms with E-state index >= 15 is 0 Å². The van der Waals surface area contributed by atoms with Crippen LogP contribution in [0.5, 0.6) is 0 Å². The first-order valence-corrected chi connectivity index (χ1v) is 6.66. The fourth-order valence-electron chi connectivity index (χ4n) is 3.37. The summed E-state index contributed by atoms with van der Waals surface area (Å²) in [6.45, 7) is 9.73. The molecule has 1 N–H and O–H groups in total. The molecule has 2 fully saturated rings. The number of aliphatic hydroxyl groups is 1. The largest absolute Gasteiger partial charge is 0.389 e. The highest BCUT2D eigenvalue weighted by molar-refractivity contribution is 5.73. The molecule has 2 rings (SSSR count). The molecule has 0 bridgehead atoms. The molecule has 0 atom stereocenters. The first kappa shape index (κ1) is 12.9. The summed E-state index contributed by atoms with van der Waals surface area (Å²) < 4.78 is 0. The summed E-state index contributed by atoms with van der Waals surface area (Å²) in [6.07, 6.45) is 3.94. The van der Waals surface area contributed by atoms with E-state index in [1.54, 1.807) is 6.92 Å². The molecular weight excluding hydrogens is 214 g/mol. The van der Waals surface area contributed by atoms with Crippen molar-refractivity contribution < 1.29 is 9.90 Å². The van der Waals surface area contributed by atoms with Crippen LogP contribution in [0.15, 0.2) is 0 Å². The number of rotatable bonds is 0. The topological polar surface area (TPSA) is 40.5 Å². The highest BCUT2D eigenvalue weighted by atomic mass is 16.3. The lowest BCUT2D eigenvalue weighted by Gasteiger charge is -2.61. The highest BCUT2D eigenvalue weighted by Crippen LogP contribution is 2.60. The van der Waals surface area contributed by atoms with Crippen LogP contribution in [0.4, 0.5) is 0 Å². The van der Waals surface area contributed by atoms with Crippen LogP contribution < -0.4 is 0 Å². The molecular formula is C14H25NO2. The third kappa shape index (κ3) is 2.10. The average Bonchev–Trinajstić information content (AvgIpc) is 2.14. The third-order valence-corrected chi connectivity index (χ3v) is 5.00. The monoisotopic (exact) mass is 239 g/mol. The number of nitrogens with zero attached hydrogens (tertiary/aromatic N) is 1. The number of amides is 1. The van der Waals surface area contributed by atoms with Crippen LogP contribution in [0, 0.1) is 10.8 Å². The van der Waals surface area contributed by atoms with Gasteiger partial charge in [0.1, 0.15) is 0 Å². The Hall–Kier alpha value is -0.570. The standard InChI is InChI=1S/C14H25NO2/c1-11(16)15-7-5-13(6-8-15)9-14(17,10-13)12(2,3)4/h17H,5-10H2,1-4H3. The molecule has 1 amide bonds. The maximum atomic E-state index is 11.3. The van der Waals surface area contributed by atoms with Gasteiger partial charge in [0.2, 0.25) is 5.91 Å². The van der Waals surface area contributed by atoms with Crippen molar-refractivity contribution >= 4 is 5.91 Å². The van der Waals surface area contributed by atoms with E-state index in [4.69, 9.17) is 0 Å². The normalized spacial score (nSPS) is 26.8. The van der Waals surface area contributed by atoms with Crippen LogP contribution in [0.25, 0.3) is 0 Å². The quantitative estimate of drug-likeness (QED) is 0.704. The summed E-state index contributed by atoms with van der Waals surface area (Å²) in [7, 11) is 0. The minimum absolute atomic E-state index is 0.0318. The van der Waals surface area contributed by atoms with Gasteiger partial charge in [-0.25, -0.2) is 0 Å². The fourth-order valence-corrected chi connectivity index (χ4v) is 3.37. The second-order valence-corrected chi connectivity index (χ2v) is 7.14. The Morgan fingerprint density at radius 2 is 1.65 bits per heavy atom. The van der Waals surface area contributed by atoms with E-state index in [2.05, 4.69) is 20.8 Å². The molecule has 1 aliphatic carbocycles. The zero-order chi connectivity index (χ0) is 12.9. The molecule has 1 spiro atoms. The summed E-state index contributed by atoms with van der Waals surface area (Å²) in [5, 5.41) is 10.6. The maximum Gasteiger partial charge on any atom is 0.219 e. The molecule has 2 aliphatic rings. The molecule has 17 heavy (non-hydrogen) atoms. The van der Waals surface area contributed by atoms with Gasteiger partial charge in [-0.15, -0.1) is 0 Å². The number of carbonyl (C=O) groups is 1. The van der Waals surface area contributed by atoms with Crippen molar-refractivity contribution in [2.24, 2.45) is 10.8 Å². The lowest BCUT2D eigenvalue weighted by molar-refractivity contribution is -0.202. The van der Waals surface area contributed by atoms with Gasteiger partial charge in [0.25, 0.3) is 0 Å². The zero-order valence-electron chi connectivity index (χ0n) is 11.5. The number of hydrogen-bond donors (Lipinski definition) is 1. The molecule has 1 aliphatic heterocycles. The van der Waals surface area contributed by atoms with E-state index < -0.39 is 5.60 Å². The van der Waals surface area contributed by atoms with Crippen molar-refractivity contribution in [1.29, 1.82) is 0 Å². The van der Waals surface area contributed by atoms with E-state index in [1.807, 2.05) is 4.90 Å². The lowest BCUT2D eigenvalue weighted by Crippen LogP contribution is -2.61. The molecule has 1 heterocycles. The molecule has 0 aromatic rings. The van der Waals surface area contributed by atoms with Crippen molar-refractivity contribution in [1.82, 2.24) is 4.90 Å². The van der Waals surface area contributed by atoms with E-state index in [9.17, 15) is 9.90 Å². The summed E-state index contributed by atoms with van der Waals surface area (Å²) in [5.41, 5.74) is -0.213. The zero-order valence-corrected chi connectivity index (χ0v) is 11.5. The van der Waals surface area contributed by atoms with Gasteiger partial charge >= 0.3 is 0 Å². The Balaban J connectivity index is 1.94. The molecule has 98 valence electrons. The van der Waals surface area contributed by atoms with Crippen molar-refractivity contribution in [3.63, 3.8) is 0 Å². The minimum atomic E-state index is -0.495. The fraction of sp³-hybridized carbons (Fsp3) is 0.929. The molecule has 0 unspecified atom stereocenters. The second kappa shape index (κ2) is 3.71. The summed E-state index contributed by atoms with van der Waals surface area (Å²) in [5.74, 6) is 0.185. The number of hydrogen-bond acceptors (Lipinski definition) is 2. The SMILES string of the molecule is CC(=O)N1CCC2(CC1)CC(O)(C(C)(C)C)C2. The number of carbonyl (C=O) groups excluding carboxylic acids is 1. The van der Waals surface area contributed by atoms with Crippen molar-refractivity contribution in [3.05, 3.63) is 0 Å². The minimum Gasteiger partial charge on any atom is -0.389 e. The van der Waals surface area contributed by atoms with Gasteiger partial charge in [0, 0.05) is 20.0 Å². The van der Waals surface area contributed by atoms with Gasteiger partial charge in [-0.2, -0.15) is 0 Å². The Morgan fingerprint density at radius 3 is 2.00 bits per heavy atom. The van der Waals surface area contributed by atoms with Crippen molar-refractivity contribution in [2.75, 3.05) is 13.1 Å². The van der Waals surface area contributed by atoms with E-state index in [0.29, 0.717) is 5.41 Å². The number of likely N-dealkylation sites (tertiary alicyclic amines) is 1. The highest BCUT2D eigenvalue weighted by Gasteiger charge is 2.59. The van der Waals surface area contributed by atoms with Gasteiger partial charge in [-0.1, -0.05) is 20.8 Å². The second-order valence-electron chi connectivity index (χ2n) is 7.14. The molecule has 0 radical (unpaired) electrons. The predicted octanol–water partition coefficient (Wildman–Crippen LogP) is 2.19. The van der Waals surface area contributed by atoms with Crippen LogP contribution in [-0.4, -0.2) is 34.6 Å². The summed E-state index contributed by atoms with van der Waals surface area (Å²) >= 11 is 0. The van der Waals surface area contributed by atoms with Crippen LogP contribution in [0.3, 0.4) is 0 Å². The van der Waals surface area contributed by atoms with Crippen molar-refractivity contribution in [2.45, 2.75) is 59.0 Å². The van der Waals surface area contributed by atoms with E-state index in [0.717, 1.165) is 38.8 Å². The van der Waals surface area contributed by atoms with Gasteiger partial charge in [0.05, 0.1) is 5.60 Å². The van der Waals surface area contributed by atoms with Gasteiger partial charge in [-0.05, 0) is 36.5 Å². The van der Waals surface area contributed by atoms with Crippen LogP contribution in [0.2, 0.25) is 0 Å². The molecule has 0 aromatic heterocycles. The first-order valence-electron chi connectivity index (χ1n) is 6.66. The van der Waals surface area contributed by atoms with E-state index in [1.165, 1.54) is 0 Å². The van der Waals surface area contributed by atoms with Gasteiger partial charge in [0.15, 0.2) is 0 Å². The Bertz CT molecular complexity index is 314. The van der Waals surface area contributed by atoms with Crippen LogP contribution >= 0.6 is 0 Å².